The molecule has 2 aromatic carbocycles. The monoisotopic (exact) mass is 609 g/mol. The number of nitrogens with one attached hydrogen (secondary N) is 3. The average Bonchev–Trinajstić information content (AvgIpc) is 3.58. The summed E-state index contributed by atoms with van der Waals surface area (Å²) in [7, 11) is -3.20. The van der Waals surface area contributed by atoms with E-state index in [2.05, 4.69) is 30.5 Å². The van der Waals surface area contributed by atoms with E-state index in [-0.39, 0.29) is 24.0 Å². The summed E-state index contributed by atoms with van der Waals surface area (Å²) in [5.41, 5.74) is 6.77. The van der Waals surface area contributed by atoms with E-state index in [0.29, 0.717) is 44.9 Å². The second-order valence-corrected chi connectivity index (χ2v) is 13.6. The predicted molar refractivity (Wildman–Crippen MR) is 167 cm³/mol. The molecule has 12 heteroatoms. The van der Waals surface area contributed by atoms with Gasteiger partial charge in [-0.05, 0) is 66.3 Å². The van der Waals surface area contributed by atoms with E-state index >= 15 is 0 Å². The number of benzene rings is 2. The molecule has 1 amide bonds. The third-order valence-electron chi connectivity index (χ3n) is 8.03. The van der Waals surface area contributed by atoms with Crippen LogP contribution in [0.1, 0.15) is 24.8 Å². The molecule has 3 N–H and O–H groups in total. The zero-order valence-electron chi connectivity index (χ0n) is 23.8. The van der Waals surface area contributed by atoms with Crippen molar-refractivity contribution in [2.75, 3.05) is 17.3 Å². The van der Waals surface area contributed by atoms with Crippen molar-refractivity contribution in [2.45, 2.75) is 25.7 Å². The molecule has 7 rings (SSSR count). The van der Waals surface area contributed by atoms with Crippen molar-refractivity contribution in [2.24, 2.45) is 5.92 Å². The number of fused-ring (bicyclic) bond motifs is 2. The lowest BCUT2D eigenvalue weighted by molar-refractivity contribution is -0.122. The molecular weight excluding hydrogens is 581 g/mol. The number of anilines is 1. The van der Waals surface area contributed by atoms with Gasteiger partial charge in [0.25, 0.3) is 0 Å². The van der Waals surface area contributed by atoms with Crippen LogP contribution in [-0.4, -0.2) is 56.5 Å². The van der Waals surface area contributed by atoms with E-state index in [4.69, 9.17) is 4.98 Å². The third-order valence-corrected chi connectivity index (χ3v) is 8.97. The topological polar surface area (TPSA) is 146 Å². The van der Waals surface area contributed by atoms with Gasteiger partial charge in [0.2, 0.25) is 5.91 Å². The van der Waals surface area contributed by atoms with Gasteiger partial charge >= 0.3 is 0 Å². The molecule has 44 heavy (non-hydrogen) atoms. The first-order chi connectivity index (χ1) is 21.2. The minimum Gasteiger partial charge on any atom is -0.335 e. The highest BCUT2D eigenvalue weighted by molar-refractivity contribution is 7.90. The quantitative estimate of drug-likeness (QED) is 0.201. The van der Waals surface area contributed by atoms with Crippen LogP contribution >= 0.6 is 0 Å². The van der Waals surface area contributed by atoms with E-state index in [1.54, 1.807) is 30.9 Å². The highest BCUT2D eigenvalue weighted by Gasteiger charge is 2.25. The number of carbonyl (C=O) groups excluding carboxylic acids is 1. The number of aryl methyl sites for hydroxylation is 1. The van der Waals surface area contributed by atoms with Crippen molar-refractivity contribution in [3.05, 3.63) is 78.6 Å². The smallest absolute Gasteiger partial charge is 0.227 e. The maximum atomic E-state index is 14.6. The third kappa shape index (κ3) is 5.55. The zero-order chi connectivity index (χ0) is 30.4. The Labute approximate surface area is 252 Å². The summed E-state index contributed by atoms with van der Waals surface area (Å²) >= 11 is 0. The van der Waals surface area contributed by atoms with E-state index in [9.17, 15) is 17.6 Å². The molecule has 1 fully saturated rings. The number of carbonyl (C=O) groups is 1. The SMILES string of the molecule is CS(=O)(=O)CCc1cc(F)cc(-c2cncc3[nH]c(-c4n[nH]c5ccc(-c6cncc(NC(=O)C7CCC7)c6)cc45)nc23)c1. The molecule has 1 saturated carbocycles. The fraction of sp³-hybridized carbons (Fsp3) is 0.219. The lowest BCUT2D eigenvalue weighted by Gasteiger charge is -2.24. The summed E-state index contributed by atoms with van der Waals surface area (Å²) in [6.45, 7) is 0. The molecule has 4 aromatic heterocycles. The van der Waals surface area contributed by atoms with Crippen molar-refractivity contribution >= 4 is 43.4 Å². The second-order valence-electron chi connectivity index (χ2n) is 11.3. The Hall–Kier alpha value is -4.97. The highest BCUT2D eigenvalue weighted by atomic mass is 32.2. The van der Waals surface area contributed by atoms with Crippen molar-refractivity contribution in [1.82, 2.24) is 30.1 Å². The molecule has 0 unspecified atom stereocenters. The number of hydrogen-bond acceptors (Lipinski definition) is 7. The van der Waals surface area contributed by atoms with Gasteiger partial charge in [0.05, 0.1) is 40.4 Å². The van der Waals surface area contributed by atoms with E-state index < -0.39 is 15.7 Å². The number of aromatic amines is 2. The number of imidazole rings is 1. The molecule has 4 heterocycles. The fourth-order valence-electron chi connectivity index (χ4n) is 5.46. The molecule has 0 bridgehead atoms. The number of halogens is 1. The number of aromatic nitrogens is 6. The summed E-state index contributed by atoms with van der Waals surface area (Å²) in [5, 5.41) is 11.4. The normalized spacial score (nSPS) is 13.8. The molecular formula is C32H28FN7O3S. The van der Waals surface area contributed by atoms with Crippen LogP contribution in [0.2, 0.25) is 0 Å². The second kappa shape index (κ2) is 10.9. The van der Waals surface area contributed by atoms with Crippen molar-refractivity contribution < 1.29 is 17.6 Å². The average molecular weight is 610 g/mol. The van der Waals surface area contributed by atoms with Crippen LogP contribution in [0.5, 0.6) is 0 Å². The Morgan fingerprint density at radius 1 is 0.977 bits per heavy atom. The van der Waals surface area contributed by atoms with Gasteiger partial charge < -0.3 is 10.3 Å². The molecule has 0 spiro atoms. The van der Waals surface area contributed by atoms with Crippen LogP contribution in [0.4, 0.5) is 10.1 Å². The Balaban J connectivity index is 1.23. The van der Waals surface area contributed by atoms with Crippen LogP contribution < -0.4 is 5.32 Å². The van der Waals surface area contributed by atoms with Crippen LogP contribution in [0.15, 0.2) is 67.3 Å². The predicted octanol–water partition coefficient (Wildman–Crippen LogP) is 5.70. The van der Waals surface area contributed by atoms with Gasteiger partial charge in [-0.1, -0.05) is 18.6 Å². The van der Waals surface area contributed by atoms with Gasteiger partial charge in [-0.25, -0.2) is 17.8 Å². The van der Waals surface area contributed by atoms with Gasteiger partial charge in [0.15, 0.2) is 5.82 Å². The first-order valence-electron chi connectivity index (χ1n) is 14.3. The molecule has 0 aliphatic heterocycles. The molecule has 1 aliphatic carbocycles. The van der Waals surface area contributed by atoms with Gasteiger partial charge in [0.1, 0.15) is 21.3 Å². The van der Waals surface area contributed by atoms with Gasteiger partial charge in [-0.2, -0.15) is 5.10 Å². The number of pyridine rings is 2. The van der Waals surface area contributed by atoms with E-state index in [0.717, 1.165) is 47.5 Å². The van der Waals surface area contributed by atoms with E-state index in [1.165, 1.54) is 12.1 Å². The summed E-state index contributed by atoms with van der Waals surface area (Å²) in [5.74, 6) is 0.0710. The first-order valence-corrected chi connectivity index (χ1v) is 16.3. The number of sulfone groups is 1. The Morgan fingerprint density at radius 2 is 1.82 bits per heavy atom. The van der Waals surface area contributed by atoms with Crippen LogP contribution in [0, 0.1) is 11.7 Å². The molecule has 6 aromatic rings. The lowest BCUT2D eigenvalue weighted by atomic mass is 9.85. The largest absolute Gasteiger partial charge is 0.335 e. The number of rotatable bonds is 8. The first kappa shape index (κ1) is 27.8. The fourth-order valence-corrected chi connectivity index (χ4v) is 6.07. The van der Waals surface area contributed by atoms with E-state index in [1.807, 2.05) is 24.3 Å². The van der Waals surface area contributed by atoms with Crippen LogP contribution in [0.3, 0.4) is 0 Å². The van der Waals surface area contributed by atoms with Crippen molar-refractivity contribution in [1.29, 1.82) is 0 Å². The Kier molecular flexibility index (Phi) is 6.92. The standard InChI is InChI=1S/C32H28FN7O3S/c1-44(42,43)8-7-18-9-21(11-23(33)10-18)26-16-35-17-28-29(26)38-31(37-28)30-25-13-20(5-6-27(25)39-40-30)22-12-24(15-34-14-22)36-32(41)19-3-2-4-19/h5-6,9-17,19H,2-4,7-8H2,1H3,(H,36,41)(H,37,38)(H,39,40). The van der Waals surface area contributed by atoms with Gasteiger partial charge in [-0.3, -0.25) is 19.9 Å². The highest BCUT2D eigenvalue weighted by Crippen LogP contribution is 2.34. The van der Waals surface area contributed by atoms with Crippen molar-refractivity contribution in [3.8, 4) is 33.8 Å². The maximum Gasteiger partial charge on any atom is 0.227 e. The number of hydrogen-bond donors (Lipinski definition) is 3. The number of H-pyrrole nitrogens is 2. The molecule has 10 nitrogen and oxygen atoms in total. The van der Waals surface area contributed by atoms with Crippen LogP contribution in [-0.2, 0) is 21.1 Å². The molecule has 1 aliphatic rings. The maximum absolute atomic E-state index is 14.6. The minimum atomic E-state index is -3.20. The summed E-state index contributed by atoms with van der Waals surface area (Å²) in [4.78, 5) is 29.3. The number of nitrogens with zero attached hydrogens (tertiary/aromatic N) is 4. The lowest BCUT2D eigenvalue weighted by Crippen LogP contribution is -2.28. The summed E-state index contributed by atoms with van der Waals surface area (Å²) < 4.78 is 38.0. The number of amides is 1. The summed E-state index contributed by atoms with van der Waals surface area (Å²) in [6.07, 6.45) is 11.0. The van der Waals surface area contributed by atoms with Gasteiger partial charge in [-0.15, -0.1) is 0 Å². The Bertz CT molecular complexity index is 2170. The molecule has 0 radical (unpaired) electrons. The van der Waals surface area contributed by atoms with Crippen LogP contribution in [0.25, 0.3) is 55.7 Å². The summed E-state index contributed by atoms with van der Waals surface area (Å²) in [6, 6.07) is 12.3. The molecule has 0 saturated heterocycles. The molecule has 0 atom stereocenters. The van der Waals surface area contributed by atoms with Crippen molar-refractivity contribution in [3.63, 3.8) is 0 Å². The Morgan fingerprint density at radius 3 is 2.61 bits per heavy atom. The zero-order valence-corrected chi connectivity index (χ0v) is 24.6. The van der Waals surface area contributed by atoms with Gasteiger partial charge in [0, 0.05) is 41.1 Å². The molecule has 222 valence electrons. The minimum absolute atomic E-state index is 0.0323.